The van der Waals surface area contributed by atoms with Crippen LogP contribution in [0.4, 0.5) is 25.0 Å². The molecule has 210 valence electrons. The van der Waals surface area contributed by atoms with Crippen molar-refractivity contribution in [3.8, 4) is 0 Å². The molecule has 1 aliphatic rings. The number of piperazine rings is 1. The van der Waals surface area contributed by atoms with Crippen LogP contribution in [0.1, 0.15) is 47.1 Å². The second-order valence-electron chi connectivity index (χ2n) is 10.7. The quantitative estimate of drug-likeness (QED) is 0.399. The Morgan fingerprint density at radius 1 is 0.775 bits per heavy atom. The number of para-hydroxylation sites is 1. The summed E-state index contributed by atoms with van der Waals surface area (Å²) in [6.07, 6.45) is 0. The van der Waals surface area contributed by atoms with Gasteiger partial charge in [-0.05, 0) is 68.8 Å². The summed E-state index contributed by atoms with van der Waals surface area (Å²) >= 11 is 0. The monoisotopic (exact) mass is 549 g/mol. The van der Waals surface area contributed by atoms with Gasteiger partial charge >= 0.3 is 6.03 Å². The molecule has 4 rings (SSSR count). The maximum Gasteiger partial charge on any atom is 0.323 e. The lowest BCUT2D eigenvalue weighted by atomic mass is 10.1. The molecule has 1 heterocycles. The van der Waals surface area contributed by atoms with E-state index in [0.717, 1.165) is 11.6 Å². The van der Waals surface area contributed by atoms with Gasteiger partial charge in [-0.3, -0.25) is 14.5 Å². The number of benzene rings is 3. The van der Waals surface area contributed by atoms with Crippen molar-refractivity contribution in [2.24, 2.45) is 0 Å². The molecule has 1 fully saturated rings. The van der Waals surface area contributed by atoms with Crippen molar-refractivity contribution in [3.05, 3.63) is 95.1 Å². The van der Waals surface area contributed by atoms with Gasteiger partial charge in [0.05, 0.1) is 11.4 Å². The molecule has 1 aliphatic heterocycles. The molecule has 0 bridgehead atoms. The van der Waals surface area contributed by atoms with Gasteiger partial charge in [0.1, 0.15) is 11.6 Å². The zero-order valence-electron chi connectivity index (χ0n) is 22.8. The Bertz CT molecular complexity index is 1400. The molecule has 0 aliphatic carbocycles. The van der Waals surface area contributed by atoms with E-state index in [1.54, 1.807) is 17.0 Å². The Balaban J connectivity index is 1.30. The highest BCUT2D eigenvalue weighted by molar-refractivity contribution is 6.00. The zero-order chi connectivity index (χ0) is 28.9. The van der Waals surface area contributed by atoms with Gasteiger partial charge in [-0.15, -0.1) is 0 Å². The predicted octanol–water partition coefficient (Wildman–Crippen LogP) is 5.10. The summed E-state index contributed by atoms with van der Waals surface area (Å²) in [4.78, 5) is 41.6. The molecule has 3 aromatic carbocycles. The van der Waals surface area contributed by atoms with E-state index in [1.807, 2.05) is 39.0 Å². The molecule has 4 amide bonds. The number of halogens is 2. The van der Waals surface area contributed by atoms with Crippen LogP contribution in [0.3, 0.4) is 0 Å². The summed E-state index contributed by atoms with van der Waals surface area (Å²) in [5.41, 5.74) is 1.28. The molecule has 40 heavy (non-hydrogen) atoms. The number of amides is 4. The summed E-state index contributed by atoms with van der Waals surface area (Å²) in [5, 5.41) is 7.62. The van der Waals surface area contributed by atoms with Crippen LogP contribution in [0.5, 0.6) is 0 Å². The number of nitrogens with zero attached hydrogens (tertiary/aromatic N) is 2. The van der Waals surface area contributed by atoms with Crippen molar-refractivity contribution in [1.29, 1.82) is 0 Å². The third-order valence-corrected chi connectivity index (χ3v) is 6.33. The largest absolute Gasteiger partial charge is 0.347 e. The van der Waals surface area contributed by atoms with Crippen molar-refractivity contribution in [2.75, 3.05) is 36.8 Å². The second kappa shape index (κ2) is 12.3. The van der Waals surface area contributed by atoms with E-state index in [9.17, 15) is 23.2 Å². The first-order valence-corrected chi connectivity index (χ1v) is 13.0. The van der Waals surface area contributed by atoms with Gasteiger partial charge in [0.15, 0.2) is 0 Å². The number of rotatable bonds is 6. The minimum Gasteiger partial charge on any atom is -0.347 e. The molecule has 0 spiro atoms. The summed E-state index contributed by atoms with van der Waals surface area (Å²) in [6, 6.07) is 16.2. The van der Waals surface area contributed by atoms with Crippen LogP contribution in [0.25, 0.3) is 0 Å². The topological polar surface area (TPSA) is 93.8 Å². The van der Waals surface area contributed by atoms with E-state index >= 15 is 0 Å². The molecule has 10 heteroatoms. The number of carbonyl (C=O) groups excluding carboxylic acids is 3. The Labute approximate surface area is 232 Å². The minimum atomic E-state index is -0.806. The SMILES string of the molecule is CC(C)(C)NC(=O)c1cccc(CN2CCN(C(=O)c3ccc(NC(=O)Nc4ccccc4F)c(F)c3)CC2)c1. The summed E-state index contributed by atoms with van der Waals surface area (Å²) in [6.45, 7) is 8.64. The third kappa shape index (κ3) is 7.63. The minimum absolute atomic E-state index is 0.0370. The summed E-state index contributed by atoms with van der Waals surface area (Å²) in [7, 11) is 0. The molecular weight excluding hydrogens is 516 g/mol. The molecule has 0 radical (unpaired) electrons. The second-order valence-corrected chi connectivity index (χ2v) is 10.7. The van der Waals surface area contributed by atoms with E-state index in [1.165, 1.54) is 30.3 Å². The number of carbonyl (C=O) groups is 3. The fourth-order valence-corrected chi connectivity index (χ4v) is 4.36. The average Bonchev–Trinajstić information content (AvgIpc) is 2.90. The van der Waals surface area contributed by atoms with E-state index in [-0.39, 0.29) is 34.3 Å². The predicted molar refractivity (Wildman–Crippen MR) is 150 cm³/mol. The Morgan fingerprint density at radius 2 is 1.45 bits per heavy atom. The first-order chi connectivity index (χ1) is 19.0. The van der Waals surface area contributed by atoms with Crippen LogP contribution in [0.2, 0.25) is 0 Å². The van der Waals surface area contributed by atoms with Gasteiger partial charge in [0.2, 0.25) is 0 Å². The molecule has 8 nitrogen and oxygen atoms in total. The van der Waals surface area contributed by atoms with Gasteiger partial charge in [0.25, 0.3) is 11.8 Å². The van der Waals surface area contributed by atoms with Crippen LogP contribution in [-0.4, -0.2) is 59.4 Å². The third-order valence-electron chi connectivity index (χ3n) is 6.33. The molecule has 0 aromatic heterocycles. The Kier molecular flexibility index (Phi) is 8.79. The number of anilines is 2. The first-order valence-electron chi connectivity index (χ1n) is 13.0. The highest BCUT2D eigenvalue weighted by atomic mass is 19.1. The standard InChI is InChI=1S/C30H33F2N5O3/c1-30(2,3)35-27(38)21-8-6-7-20(17-21)19-36-13-15-37(16-14-36)28(39)22-11-12-26(24(32)18-22)34-29(40)33-25-10-5-4-9-23(25)31/h4-12,17-18H,13-16,19H2,1-3H3,(H,35,38)(H2,33,34,40). The maximum absolute atomic E-state index is 14.7. The van der Waals surface area contributed by atoms with E-state index in [0.29, 0.717) is 38.3 Å². The van der Waals surface area contributed by atoms with Crippen LogP contribution >= 0.6 is 0 Å². The molecular formula is C30H33F2N5O3. The van der Waals surface area contributed by atoms with Crippen molar-refractivity contribution in [2.45, 2.75) is 32.9 Å². The molecule has 1 saturated heterocycles. The van der Waals surface area contributed by atoms with E-state index in [2.05, 4.69) is 20.9 Å². The number of hydrogen-bond acceptors (Lipinski definition) is 4. The fourth-order valence-electron chi connectivity index (χ4n) is 4.36. The fraction of sp³-hybridized carbons (Fsp3) is 0.300. The van der Waals surface area contributed by atoms with E-state index in [4.69, 9.17) is 0 Å². The molecule has 3 N–H and O–H groups in total. The number of urea groups is 1. The lowest BCUT2D eigenvalue weighted by Gasteiger charge is -2.35. The van der Waals surface area contributed by atoms with E-state index < -0.39 is 17.7 Å². The molecule has 3 aromatic rings. The van der Waals surface area contributed by atoms with Crippen molar-refractivity contribution >= 4 is 29.2 Å². The Morgan fingerprint density at radius 3 is 2.10 bits per heavy atom. The van der Waals surface area contributed by atoms with Crippen LogP contribution in [0, 0.1) is 11.6 Å². The van der Waals surface area contributed by atoms with Gasteiger partial charge in [-0.2, -0.15) is 0 Å². The lowest BCUT2D eigenvalue weighted by Crippen LogP contribution is -2.48. The normalized spacial score (nSPS) is 14.0. The van der Waals surface area contributed by atoms with Gasteiger partial charge < -0.3 is 20.9 Å². The van der Waals surface area contributed by atoms with Crippen LogP contribution < -0.4 is 16.0 Å². The van der Waals surface area contributed by atoms with Gasteiger partial charge in [-0.25, -0.2) is 13.6 Å². The molecule has 0 unspecified atom stereocenters. The van der Waals surface area contributed by atoms with Crippen LogP contribution in [-0.2, 0) is 6.54 Å². The van der Waals surface area contributed by atoms with Crippen molar-refractivity contribution in [1.82, 2.24) is 15.1 Å². The van der Waals surface area contributed by atoms with Crippen molar-refractivity contribution in [3.63, 3.8) is 0 Å². The average molecular weight is 550 g/mol. The number of hydrogen-bond donors (Lipinski definition) is 3. The zero-order valence-corrected chi connectivity index (χ0v) is 22.8. The van der Waals surface area contributed by atoms with Crippen LogP contribution in [0.15, 0.2) is 66.7 Å². The van der Waals surface area contributed by atoms with Crippen molar-refractivity contribution < 1.29 is 23.2 Å². The molecule has 0 atom stereocenters. The molecule has 0 saturated carbocycles. The smallest absolute Gasteiger partial charge is 0.323 e. The summed E-state index contributed by atoms with van der Waals surface area (Å²) < 4.78 is 28.5. The number of nitrogens with one attached hydrogen (secondary N) is 3. The maximum atomic E-state index is 14.7. The summed E-state index contributed by atoms with van der Waals surface area (Å²) in [5.74, 6) is -1.81. The highest BCUT2D eigenvalue weighted by Gasteiger charge is 2.24. The van der Waals surface area contributed by atoms with Gasteiger partial charge in [0, 0.05) is 49.4 Å². The van der Waals surface area contributed by atoms with Gasteiger partial charge in [-0.1, -0.05) is 24.3 Å². The Hall–Kier alpha value is -4.31. The highest BCUT2D eigenvalue weighted by Crippen LogP contribution is 2.20. The first kappa shape index (κ1) is 28.7. The lowest BCUT2D eigenvalue weighted by molar-refractivity contribution is 0.0627.